The molecule has 6 heteroatoms. The smallest absolute Gasteiger partial charge is 0.266 e. The second-order valence-corrected chi connectivity index (χ2v) is 8.34. The van der Waals surface area contributed by atoms with E-state index in [0.29, 0.717) is 0 Å². The lowest BCUT2D eigenvalue weighted by molar-refractivity contribution is -0.124. The summed E-state index contributed by atoms with van der Waals surface area (Å²) in [6.07, 6.45) is 18.5. The van der Waals surface area contributed by atoms with Gasteiger partial charge in [0.15, 0.2) is 0 Å². The molecule has 0 saturated heterocycles. The molecule has 0 fully saturated rings. The number of rotatable bonds is 16. The molecule has 1 amide bonds. The van der Waals surface area contributed by atoms with E-state index in [0.717, 1.165) is 12.8 Å². The lowest BCUT2D eigenvalue weighted by atomic mass is 10.1. The molecule has 0 radical (unpaired) electrons. The quantitative estimate of drug-likeness (QED) is 0.243. The third-order valence-corrected chi connectivity index (χ3v) is 4.99. The van der Waals surface area contributed by atoms with E-state index in [1.165, 1.54) is 82.2 Å². The number of amides is 1. The number of carbonyl (C=O) groups is 1. The summed E-state index contributed by atoms with van der Waals surface area (Å²) in [5, 5.41) is 0. The van der Waals surface area contributed by atoms with E-state index in [4.69, 9.17) is 4.55 Å². The van der Waals surface area contributed by atoms with Gasteiger partial charge in [-0.2, -0.15) is 8.42 Å². The van der Waals surface area contributed by atoms with Crippen LogP contribution < -0.4 is 0 Å². The van der Waals surface area contributed by atoms with Crippen LogP contribution in [-0.4, -0.2) is 43.1 Å². The lowest BCUT2D eigenvalue weighted by Gasteiger charge is -2.13. The molecule has 5 nitrogen and oxygen atoms in total. The summed E-state index contributed by atoms with van der Waals surface area (Å²) in [5.74, 6) is -0.659. The highest BCUT2D eigenvalue weighted by molar-refractivity contribution is 7.85. The van der Waals surface area contributed by atoms with Crippen molar-refractivity contribution in [2.45, 2.75) is 84.0 Å². The molecule has 148 valence electrons. The molecule has 0 aliphatic rings. The Morgan fingerprint density at radius 3 is 1.88 bits per heavy atom. The van der Waals surface area contributed by atoms with Crippen LogP contribution in [0.15, 0.2) is 12.2 Å². The maximum Gasteiger partial charge on any atom is 0.266 e. The van der Waals surface area contributed by atoms with Gasteiger partial charge >= 0.3 is 0 Å². The molecule has 1 N–H and O–H groups in total. The first-order valence-corrected chi connectivity index (χ1v) is 11.3. The van der Waals surface area contributed by atoms with Crippen molar-refractivity contribution >= 4 is 16.0 Å². The Morgan fingerprint density at radius 2 is 1.40 bits per heavy atom. The Hall–Kier alpha value is -0.880. The normalized spacial score (nSPS) is 12.0. The van der Waals surface area contributed by atoms with E-state index in [-0.39, 0.29) is 12.5 Å². The second-order valence-electron chi connectivity index (χ2n) is 6.77. The van der Waals surface area contributed by atoms with Crippen LogP contribution in [0.5, 0.6) is 0 Å². The molecule has 0 atom stereocenters. The van der Waals surface area contributed by atoms with Gasteiger partial charge in [0, 0.05) is 13.6 Å². The molecule has 0 aromatic rings. The Bertz CT molecular complexity index is 460. The summed E-state index contributed by atoms with van der Waals surface area (Å²) < 4.78 is 30.0. The van der Waals surface area contributed by atoms with E-state index < -0.39 is 15.9 Å². The summed E-state index contributed by atoms with van der Waals surface area (Å²) in [7, 11) is -2.49. The van der Waals surface area contributed by atoms with Crippen LogP contribution in [0.3, 0.4) is 0 Å². The number of carbonyl (C=O) groups excluding carboxylic acids is 1. The van der Waals surface area contributed by atoms with Crippen molar-refractivity contribution < 1.29 is 17.8 Å². The molecule has 0 aliphatic carbocycles. The Morgan fingerprint density at radius 1 is 0.920 bits per heavy atom. The molecule has 0 rings (SSSR count). The molecule has 0 heterocycles. The van der Waals surface area contributed by atoms with Gasteiger partial charge in [-0.3, -0.25) is 9.35 Å². The predicted octanol–water partition coefficient (Wildman–Crippen LogP) is 4.59. The number of hydrogen-bond donors (Lipinski definition) is 1. The molecular weight excluding hydrogens is 338 g/mol. The van der Waals surface area contributed by atoms with Gasteiger partial charge in [-0.15, -0.1) is 0 Å². The maximum absolute atomic E-state index is 11.7. The zero-order valence-corrected chi connectivity index (χ0v) is 16.9. The van der Waals surface area contributed by atoms with Crippen molar-refractivity contribution in [2.75, 3.05) is 19.3 Å². The molecule has 0 unspecified atom stereocenters. The molecular formula is C19H37NO4S. The third-order valence-electron chi connectivity index (χ3n) is 4.30. The van der Waals surface area contributed by atoms with Crippen LogP contribution in [0, 0.1) is 0 Å². The van der Waals surface area contributed by atoms with Crippen molar-refractivity contribution in [2.24, 2.45) is 0 Å². The van der Waals surface area contributed by atoms with E-state index in [1.54, 1.807) is 0 Å². The van der Waals surface area contributed by atoms with Crippen LogP contribution in [-0.2, 0) is 14.9 Å². The van der Waals surface area contributed by atoms with E-state index >= 15 is 0 Å². The van der Waals surface area contributed by atoms with Gasteiger partial charge in [0.05, 0.1) is 5.75 Å². The molecule has 0 saturated carbocycles. The molecule has 0 spiro atoms. The fourth-order valence-electron chi connectivity index (χ4n) is 2.60. The number of nitrogens with zero attached hydrogens (tertiary/aromatic N) is 1. The molecule has 0 aromatic carbocycles. The standard InChI is InChI=1S/C19H37NO4S/c1-3-4-5-6-7-8-9-10-11-12-13-14-15-16-19(21)20(2)17-18-25(22,23)24/h15-16H,3-14,17-18H2,1-2H3,(H,22,23,24). The van der Waals surface area contributed by atoms with E-state index in [2.05, 4.69) is 6.92 Å². The molecule has 0 aliphatic heterocycles. The summed E-state index contributed by atoms with van der Waals surface area (Å²) in [6, 6.07) is 0. The van der Waals surface area contributed by atoms with Crippen molar-refractivity contribution in [3.63, 3.8) is 0 Å². The van der Waals surface area contributed by atoms with Crippen molar-refractivity contribution in [1.29, 1.82) is 0 Å². The lowest BCUT2D eigenvalue weighted by Crippen LogP contribution is -2.30. The first-order valence-electron chi connectivity index (χ1n) is 9.73. The monoisotopic (exact) mass is 375 g/mol. The summed E-state index contributed by atoms with van der Waals surface area (Å²) in [6.45, 7) is 2.24. The first-order chi connectivity index (χ1) is 11.9. The van der Waals surface area contributed by atoms with Crippen LogP contribution >= 0.6 is 0 Å². The average molecular weight is 376 g/mol. The minimum atomic E-state index is -4.02. The highest BCUT2D eigenvalue weighted by atomic mass is 32.2. The number of hydrogen-bond acceptors (Lipinski definition) is 3. The van der Waals surface area contributed by atoms with E-state index in [9.17, 15) is 13.2 Å². The summed E-state index contributed by atoms with van der Waals surface area (Å²) in [4.78, 5) is 13.0. The minimum absolute atomic E-state index is 0.000448. The number of likely N-dealkylation sites (N-methyl/N-ethyl adjacent to an activating group) is 1. The van der Waals surface area contributed by atoms with Gasteiger partial charge in [-0.05, 0) is 18.9 Å². The number of allylic oxidation sites excluding steroid dienone is 1. The molecule has 25 heavy (non-hydrogen) atoms. The molecule has 0 aromatic heterocycles. The zero-order valence-electron chi connectivity index (χ0n) is 16.1. The minimum Gasteiger partial charge on any atom is -0.341 e. The Kier molecular flexibility index (Phi) is 14.8. The van der Waals surface area contributed by atoms with Crippen molar-refractivity contribution in [3.05, 3.63) is 12.2 Å². The molecule has 0 bridgehead atoms. The van der Waals surface area contributed by atoms with Crippen LogP contribution in [0.2, 0.25) is 0 Å². The zero-order chi connectivity index (χ0) is 19.0. The van der Waals surface area contributed by atoms with Crippen molar-refractivity contribution in [1.82, 2.24) is 4.90 Å². The van der Waals surface area contributed by atoms with Gasteiger partial charge in [0.2, 0.25) is 5.91 Å². The second kappa shape index (κ2) is 15.4. The predicted molar refractivity (Wildman–Crippen MR) is 104 cm³/mol. The SMILES string of the molecule is CCCCCCCCCCCCCC=CC(=O)N(C)CCS(=O)(=O)O. The largest absolute Gasteiger partial charge is 0.341 e. The van der Waals surface area contributed by atoms with Gasteiger partial charge in [-0.1, -0.05) is 77.2 Å². The average Bonchev–Trinajstić information content (AvgIpc) is 2.56. The summed E-state index contributed by atoms with van der Waals surface area (Å²) >= 11 is 0. The van der Waals surface area contributed by atoms with Gasteiger partial charge in [-0.25, -0.2) is 0 Å². The fraction of sp³-hybridized carbons (Fsp3) is 0.842. The van der Waals surface area contributed by atoms with Crippen molar-refractivity contribution in [3.8, 4) is 0 Å². The van der Waals surface area contributed by atoms with Crippen LogP contribution in [0.1, 0.15) is 84.0 Å². The highest BCUT2D eigenvalue weighted by Crippen LogP contribution is 2.12. The van der Waals surface area contributed by atoms with Gasteiger partial charge < -0.3 is 4.90 Å². The maximum atomic E-state index is 11.7. The van der Waals surface area contributed by atoms with Gasteiger partial charge in [0.1, 0.15) is 0 Å². The third kappa shape index (κ3) is 17.7. The van der Waals surface area contributed by atoms with Crippen LogP contribution in [0.4, 0.5) is 0 Å². The number of unbranched alkanes of at least 4 members (excludes halogenated alkanes) is 11. The van der Waals surface area contributed by atoms with Gasteiger partial charge in [0.25, 0.3) is 10.1 Å². The topological polar surface area (TPSA) is 74.7 Å². The Balaban J connectivity index is 3.49. The summed E-state index contributed by atoms with van der Waals surface area (Å²) in [5.41, 5.74) is 0. The first kappa shape index (κ1) is 24.1. The fourth-order valence-corrected chi connectivity index (χ4v) is 3.10. The van der Waals surface area contributed by atoms with E-state index in [1.807, 2.05) is 6.08 Å². The van der Waals surface area contributed by atoms with Crippen LogP contribution in [0.25, 0.3) is 0 Å². The highest BCUT2D eigenvalue weighted by Gasteiger charge is 2.10. The Labute approximate surface area is 154 Å².